The molecule has 2 aromatic rings. The van der Waals surface area contributed by atoms with E-state index in [1.165, 1.54) is 36.4 Å². The smallest absolute Gasteiger partial charge is 0.269 e. The summed E-state index contributed by atoms with van der Waals surface area (Å²) in [5.74, 6) is 0.890. The Kier molecular flexibility index (Phi) is 6.07. The Balaban J connectivity index is 2.48. The Morgan fingerprint density at radius 3 is 1.52 bits per heavy atom. The van der Waals surface area contributed by atoms with Gasteiger partial charge >= 0.3 is 0 Å². The first-order valence-electron chi connectivity index (χ1n) is 8.18. The molecule has 7 heteroatoms. The topological polar surface area (TPSA) is 95.5 Å². The third-order valence-electron chi connectivity index (χ3n) is 3.71. The largest absolute Gasteiger partial charge is 0.457 e. The summed E-state index contributed by atoms with van der Waals surface area (Å²) in [7, 11) is 0. The summed E-state index contributed by atoms with van der Waals surface area (Å²) in [5, 5.41) is 22.1. The number of allylic oxidation sites excluding steroid dienone is 2. The van der Waals surface area contributed by atoms with Crippen LogP contribution < -0.4 is 4.74 Å². The van der Waals surface area contributed by atoms with E-state index in [1.54, 1.807) is 0 Å². The van der Waals surface area contributed by atoms with E-state index in [1.807, 2.05) is 13.8 Å². The molecule has 0 N–H and O–H groups in total. The minimum atomic E-state index is -0.468. The zero-order chi connectivity index (χ0) is 20.1. The van der Waals surface area contributed by atoms with Gasteiger partial charge < -0.3 is 4.74 Å². The van der Waals surface area contributed by atoms with E-state index in [2.05, 4.69) is 13.2 Å². The lowest BCUT2D eigenvalue weighted by molar-refractivity contribution is -0.385. The van der Waals surface area contributed by atoms with Crippen LogP contribution in [-0.4, -0.2) is 9.85 Å². The van der Waals surface area contributed by atoms with Crippen molar-refractivity contribution in [3.05, 3.63) is 92.1 Å². The second-order valence-corrected chi connectivity index (χ2v) is 6.47. The molecule has 0 saturated heterocycles. The standard InChI is InChI=1S/C20H20N2O5/c1-13(2)9-15-11-17(21(23)24)5-7-19(15)27-20-8-6-18(22(25)26)12-16(20)10-14(3)4/h5-8,11-12H,1,3,9-10H2,2,4H3. The highest BCUT2D eigenvalue weighted by molar-refractivity contribution is 5.50. The molecule has 0 aliphatic carbocycles. The first-order valence-corrected chi connectivity index (χ1v) is 8.18. The fraction of sp³-hybridized carbons (Fsp3) is 0.200. The van der Waals surface area contributed by atoms with E-state index in [-0.39, 0.29) is 11.4 Å². The lowest BCUT2D eigenvalue weighted by Crippen LogP contribution is -1.99. The molecular formula is C20H20N2O5. The number of nitro benzene ring substituents is 2. The van der Waals surface area contributed by atoms with Crippen molar-refractivity contribution in [2.45, 2.75) is 26.7 Å². The van der Waals surface area contributed by atoms with Crippen LogP contribution in [0.5, 0.6) is 11.5 Å². The van der Waals surface area contributed by atoms with Crippen molar-refractivity contribution in [1.82, 2.24) is 0 Å². The predicted octanol–water partition coefficient (Wildman–Crippen LogP) is 5.53. The summed E-state index contributed by atoms with van der Waals surface area (Å²) >= 11 is 0. The number of nitro groups is 2. The van der Waals surface area contributed by atoms with E-state index in [0.29, 0.717) is 35.5 Å². The van der Waals surface area contributed by atoms with Gasteiger partial charge in [0, 0.05) is 35.4 Å². The molecule has 0 saturated carbocycles. The highest BCUT2D eigenvalue weighted by atomic mass is 16.6. The molecule has 7 nitrogen and oxygen atoms in total. The Morgan fingerprint density at radius 1 is 0.852 bits per heavy atom. The molecule has 0 spiro atoms. The van der Waals surface area contributed by atoms with Gasteiger partial charge in [0.25, 0.3) is 11.4 Å². The molecule has 0 aliphatic heterocycles. The van der Waals surface area contributed by atoms with E-state index in [0.717, 1.165) is 11.1 Å². The summed E-state index contributed by atoms with van der Waals surface area (Å²) < 4.78 is 5.98. The number of benzene rings is 2. The van der Waals surface area contributed by atoms with Crippen molar-refractivity contribution in [3.8, 4) is 11.5 Å². The van der Waals surface area contributed by atoms with Crippen LogP contribution in [0.4, 0.5) is 11.4 Å². The Morgan fingerprint density at radius 2 is 1.22 bits per heavy atom. The summed E-state index contributed by atoms with van der Waals surface area (Å²) in [6, 6.07) is 8.69. The summed E-state index contributed by atoms with van der Waals surface area (Å²) in [6.07, 6.45) is 0.833. The maximum Gasteiger partial charge on any atom is 0.269 e. The second-order valence-electron chi connectivity index (χ2n) is 6.47. The van der Waals surface area contributed by atoms with Gasteiger partial charge in [-0.3, -0.25) is 20.2 Å². The SMILES string of the molecule is C=C(C)Cc1cc([N+](=O)[O-])ccc1Oc1ccc([N+](=O)[O-])cc1CC(=C)C. The maximum atomic E-state index is 11.1. The Bertz CT molecular complexity index is 858. The molecule has 0 amide bonds. The molecule has 0 radical (unpaired) electrons. The van der Waals surface area contributed by atoms with Crippen molar-refractivity contribution in [1.29, 1.82) is 0 Å². The van der Waals surface area contributed by atoms with Gasteiger partial charge in [-0.1, -0.05) is 24.3 Å². The third kappa shape index (κ3) is 5.24. The normalized spacial score (nSPS) is 10.3. The molecule has 0 aromatic heterocycles. The van der Waals surface area contributed by atoms with Gasteiger partial charge in [0.05, 0.1) is 9.85 Å². The highest BCUT2D eigenvalue weighted by Crippen LogP contribution is 2.34. The van der Waals surface area contributed by atoms with Crippen LogP contribution in [0, 0.1) is 20.2 Å². The van der Waals surface area contributed by atoms with Gasteiger partial charge in [0.15, 0.2) is 0 Å². The van der Waals surface area contributed by atoms with Crippen LogP contribution in [0.25, 0.3) is 0 Å². The lowest BCUT2D eigenvalue weighted by atomic mass is 10.0. The predicted molar refractivity (Wildman–Crippen MR) is 103 cm³/mol. The quantitative estimate of drug-likeness (QED) is 0.347. The minimum absolute atomic E-state index is 0.0375. The van der Waals surface area contributed by atoms with Gasteiger partial charge in [-0.25, -0.2) is 0 Å². The van der Waals surface area contributed by atoms with Crippen molar-refractivity contribution in [2.24, 2.45) is 0 Å². The van der Waals surface area contributed by atoms with E-state index in [9.17, 15) is 20.2 Å². The minimum Gasteiger partial charge on any atom is -0.457 e. The number of hydrogen-bond acceptors (Lipinski definition) is 5. The van der Waals surface area contributed by atoms with Gasteiger partial charge in [0.1, 0.15) is 11.5 Å². The van der Waals surface area contributed by atoms with Crippen molar-refractivity contribution >= 4 is 11.4 Å². The number of nitrogens with zero attached hydrogens (tertiary/aromatic N) is 2. The zero-order valence-electron chi connectivity index (χ0n) is 15.2. The Labute approximate surface area is 156 Å². The van der Waals surface area contributed by atoms with Crippen LogP contribution in [0.3, 0.4) is 0 Å². The summed E-state index contributed by atoms with van der Waals surface area (Å²) in [4.78, 5) is 21.2. The molecule has 140 valence electrons. The van der Waals surface area contributed by atoms with E-state index >= 15 is 0 Å². The molecule has 0 bridgehead atoms. The number of non-ortho nitro benzene ring substituents is 2. The molecule has 0 fully saturated rings. The van der Waals surface area contributed by atoms with Crippen LogP contribution in [0.15, 0.2) is 60.7 Å². The van der Waals surface area contributed by atoms with Gasteiger partial charge in [-0.05, 0) is 38.8 Å². The first-order chi connectivity index (χ1) is 12.7. The van der Waals surface area contributed by atoms with Crippen molar-refractivity contribution in [3.63, 3.8) is 0 Å². The molecule has 0 aliphatic rings. The van der Waals surface area contributed by atoms with Crippen molar-refractivity contribution < 1.29 is 14.6 Å². The maximum absolute atomic E-state index is 11.1. The molecule has 0 heterocycles. The molecule has 27 heavy (non-hydrogen) atoms. The average molecular weight is 368 g/mol. The van der Waals surface area contributed by atoms with Crippen molar-refractivity contribution in [2.75, 3.05) is 0 Å². The van der Waals surface area contributed by atoms with E-state index < -0.39 is 9.85 Å². The number of hydrogen-bond donors (Lipinski definition) is 0. The van der Waals surface area contributed by atoms with Gasteiger partial charge in [0.2, 0.25) is 0 Å². The molecular weight excluding hydrogens is 348 g/mol. The molecule has 2 aromatic carbocycles. The zero-order valence-corrected chi connectivity index (χ0v) is 15.2. The lowest BCUT2D eigenvalue weighted by Gasteiger charge is -2.14. The van der Waals surface area contributed by atoms with Crippen LogP contribution in [0.1, 0.15) is 25.0 Å². The summed E-state index contributed by atoms with van der Waals surface area (Å²) in [5.41, 5.74) is 2.82. The highest BCUT2D eigenvalue weighted by Gasteiger charge is 2.16. The monoisotopic (exact) mass is 368 g/mol. The number of ether oxygens (including phenoxy) is 1. The fourth-order valence-corrected chi connectivity index (χ4v) is 2.60. The first kappa shape index (κ1) is 19.8. The van der Waals surface area contributed by atoms with Crippen LogP contribution in [0.2, 0.25) is 0 Å². The third-order valence-corrected chi connectivity index (χ3v) is 3.71. The van der Waals surface area contributed by atoms with Gasteiger partial charge in [-0.2, -0.15) is 0 Å². The Hall–Kier alpha value is -3.48. The van der Waals surface area contributed by atoms with Crippen LogP contribution >= 0.6 is 0 Å². The molecule has 2 rings (SSSR count). The van der Waals surface area contributed by atoms with Crippen LogP contribution in [-0.2, 0) is 12.8 Å². The molecule has 0 atom stereocenters. The number of rotatable bonds is 8. The second kappa shape index (κ2) is 8.27. The summed E-state index contributed by atoms with van der Waals surface area (Å²) in [6.45, 7) is 11.3. The fourth-order valence-electron chi connectivity index (χ4n) is 2.60. The van der Waals surface area contributed by atoms with Gasteiger partial charge in [-0.15, -0.1) is 0 Å². The molecule has 0 unspecified atom stereocenters. The average Bonchev–Trinajstić information content (AvgIpc) is 2.56. The van der Waals surface area contributed by atoms with E-state index in [4.69, 9.17) is 4.74 Å².